The van der Waals surface area contributed by atoms with E-state index in [1.54, 1.807) is 39.3 Å². The summed E-state index contributed by atoms with van der Waals surface area (Å²) in [6, 6.07) is 6.41. The number of carbonyl (C=O) groups excluding carboxylic acids is 1. The molecular weight excluding hydrogens is 241 g/mol. The summed E-state index contributed by atoms with van der Waals surface area (Å²) in [5.41, 5.74) is 0.831. The van der Waals surface area contributed by atoms with Gasteiger partial charge in [0.25, 0.3) is 0 Å². The van der Waals surface area contributed by atoms with Crippen LogP contribution in [0.25, 0.3) is 0 Å². The number of benzene rings is 1. The van der Waals surface area contributed by atoms with Crippen LogP contribution in [0.1, 0.15) is 19.4 Å². The molecule has 0 bridgehead atoms. The molecule has 1 atom stereocenters. The fourth-order valence-corrected chi connectivity index (χ4v) is 1.36. The van der Waals surface area contributed by atoms with E-state index in [2.05, 4.69) is 4.99 Å². The molecule has 5 heteroatoms. The van der Waals surface area contributed by atoms with E-state index in [4.69, 9.17) is 4.74 Å². The summed E-state index contributed by atoms with van der Waals surface area (Å²) in [4.78, 5) is 14.8. The molecule has 0 aliphatic carbocycles. The maximum absolute atomic E-state index is 10.8. The maximum Gasteiger partial charge on any atom is 1.00 e. The Labute approximate surface area is 129 Å². The summed E-state index contributed by atoms with van der Waals surface area (Å²) >= 11 is 0. The smallest absolute Gasteiger partial charge is 0.548 e. The summed E-state index contributed by atoms with van der Waals surface area (Å²) in [6.45, 7) is 3.59. The molecule has 0 radical (unpaired) electrons. The van der Waals surface area contributed by atoms with E-state index in [0.29, 0.717) is 0 Å². The Hall–Kier alpha value is -0.840. The SMILES string of the molecule is COc1ccc(/C=N/[C@H](C(=O)[O-])C(C)C)cc1.[Na+]. The van der Waals surface area contributed by atoms with Crippen molar-refractivity contribution in [1.82, 2.24) is 0 Å². The van der Waals surface area contributed by atoms with E-state index < -0.39 is 12.0 Å². The third kappa shape index (κ3) is 5.21. The number of hydrogen-bond donors (Lipinski definition) is 0. The van der Waals surface area contributed by atoms with Crippen LogP contribution in [-0.4, -0.2) is 25.3 Å². The topological polar surface area (TPSA) is 61.7 Å². The molecule has 0 aromatic heterocycles. The van der Waals surface area contributed by atoms with Crippen LogP contribution in [0.3, 0.4) is 0 Å². The van der Waals surface area contributed by atoms with Gasteiger partial charge in [0.15, 0.2) is 0 Å². The van der Waals surface area contributed by atoms with E-state index in [-0.39, 0.29) is 35.5 Å². The Morgan fingerprint density at radius 2 is 1.89 bits per heavy atom. The average Bonchev–Trinajstić information content (AvgIpc) is 2.29. The van der Waals surface area contributed by atoms with Crippen LogP contribution in [0.15, 0.2) is 29.3 Å². The number of aliphatic imine (C=N–C) groups is 1. The second-order valence-electron chi connectivity index (χ2n) is 4.06. The molecule has 1 aromatic carbocycles. The summed E-state index contributed by atoms with van der Waals surface area (Å²) in [5.74, 6) is -0.485. The molecule has 92 valence electrons. The standard InChI is InChI=1S/C13H17NO3.Na/c1-9(2)12(13(15)16)14-8-10-4-6-11(17-3)7-5-10;/h4-9,12H,1-3H3,(H,15,16);/q;+1/p-1/b14-8+;/t12-;/m0./s1. The molecule has 0 N–H and O–H groups in total. The van der Waals surface area contributed by atoms with Gasteiger partial charge >= 0.3 is 29.6 Å². The van der Waals surface area contributed by atoms with Gasteiger partial charge in [-0.05, 0) is 35.7 Å². The van der Waals surface area contributed by atoms with Crippen molar-refractivity contribution in [3.8, 4) is 5.75 Å². The van der Waals surface area contributed by atoms with E-state index in [1.165, 1.54) is 0 Å². The van der Waals surface area contributed by atoms with Crippen molar-refractivity contribution in [2.75, 3.05) is 7.11 Å². The minimum Gasteiger partial charge on any atom is -0.548 e. The molecule has 4 nitrogen and oxygen atoms in total. The van der Waals surface area contributed by atoms with Crippen LogP contribution >= 0.6 is 0 Å². The van der Waals surface area contributed by atoms with Crippen LogP contribution in [0.2, 0.25) is 0 Å². The largest absolute Gasteiger partial charge is 1.00 e. The summed E-state index contributed by atoms with van der Waals surface area (Å²) in [7, 11) is 1.59. The molecule has 0 aliphatic heterocycles. The van der Waals surface area contributed by atoms with Gasteiger partial charge in [-0.1, -0.05) is 13.8 Å². The molecule has 0 unspecified atom stereocenters. The first-order chi connectivity index (χ1) is 8.04. The van der Waals surface area contributed by atoms with Crippen LogP contribution in [0, 0.1) is 5.92 Å². The average molecular weight is 257 g/mol. The van der Waals surface area contributed by atoms with Crippen molar-refractivity contribution in [2.24, 2.45) is 10.9 Å². The van der Waals surface area contributed by atoms with Gasteiger partial charge in [0.1, 0.15) is 5.75 Å². The van der Waals surface area contributed by atoms with Gasteiger partial charge in [-0.3, -0.25) is 4.99 Å². The van der Waals surface area contributed by atoms with Crippen molar-refractivity contribution in [2.45, 2.75) is 19.9 Å². The number of carbonyl (C=O) groups is 1. The number of hydrogen-bond acceptors (Lipinski definition) is 4. The first-order valence-corrected chi connectivity index (χ1v) is 5.42. The molecular formula is C13H16NNaO3. The molecule has 0 amide bonds. The van der Waals surface area contributed by atoms with Crippen molar-refractivity contribution in [1.29, 1.82) is 0 Å². The van der Waals surface area contributed by atoms with E-state index in [9.17, 15) is 9.90 Å². The van der Waals surface area contributed by atoms with Crippen molar-refractivity contribution in [3.63, 3.8) is 0 Å². The van der Waals surface area contributed by atoms with Crippen LogP contribution in [0.5, 0.6) is 5.75 Å². The zero-order valence-corrected chi connectivity index (χ0v) is 13.2. The third-order valence-electron chi connectivity index (χ3n) is 2.37. The van der Waals surface area contributed by atoms with Gasteiger partial charge in [-0.15, -0.1) is 0 Å². The van der Waals surface area contributed by atoms with Gasteiger partial charge < -0.3 is 14.6 Å². The van der Waals surface area contributed by atoms with Gasteiger partial charge in [0, 0.05) is 6.21 Å². The first-order valence-electron chi connectivity index (χ1n) is 5.42. The molecule has 0 heterocycles. The zero-order chi connectivity index (χ0) is 12.8. The fraction of sp³-hybridized carbons (Fsp3) is 0.385. The Morgan fingerprint density at radius 1 is 1.33 bits per heavy atom. The fourth-order valence-electron chi connectivity index (χ4n) is 1.36. The predicted octanol–water partition coefficient (Wildman–Crippen LogP) is -2.11. The molecule has 18 heavy (non-hydrogen) atoms. The molecule has 1 rings (SSSR count). The van der Waals surface area contributed by atoms with Gasteiger partial charge in [-0.2, -0.15) is 0 Å². The predicted molar refractivity (Wildman–Crippen MR) is 64.2 cm³/mol. The van der Waals surface area contributed by atoms with Crippen LogP contribution in [-0.2, 0) is 4.79 Å². The summed E-state index contributed by atoms with van der Waals surface area (Å²) in [5, 5.41) is 10.8. The number of ether oxygens (including phenoxy) is 1. The minimum absolute atomic E-state index is 0. The van der Waals surface area contributed by atoms with Crippen molar-refractivity contribution < 1.29 is 44.2 Å². The summed E-state index contributed by atoms with van der Waals surface area (Å²) < 4.78 is 5.02. The second-order valence-corrected chi connectivity index (χ2v) is 4.06. The Morgan fingerprint density at radius 3 is 2.28 bits per heavy atom. The maximum atomic E-state index is 10.8. The number of rotatable bonds is 5. The number of carboxylic acids is 1. The molecule has 1 aromatic rings. The second kappa shape index (κ2) is 8.29. The van der Waals surface area contributed by atoms with Crippen LogP contribution in [0.4, 0.5) is 0 Å². The third-order valence-corrected chi connectivity index (χ3v) is 2.37. The Kier molecular flexibility index (Phi) is 7.91. The first kappa shape index (κ1) is 17.2. The van der Waals surface area contributed by atoms with E-state index in [1.807, 2.05) is 12.1 Å². The van der Waals surface area contributed by atoms with E-state index in [0.717, 1.165) is 11.3 Å². The molecule has 0 saturated heterocycles. The molecule has 0 fully saturated rings. The number of carboxylic acid groups (broad SMARTS) is 1. The van der Waals surface area contributed by atoms with Gasteiger partial charge in [-0.25, -0.2) is 0 Å². The normalized spacial score (nSPS) is 12.2. The quantitative estimate of drug-likeness (QED) is 0.448. The summed E-state index contributed by atoms with van der Waals surface area (Å²) in [6.07, 6.45) is 1.54. The van der Waals surface area contributed by atoms with Crippen molar-refractivity contribution >= 4 is 12.2 Å². The molecule has 0 spiro atoms. The number of methoxy groups -OCH3 is 1. The van der Waals surface area contributed by atoms with Crippen molar-refractivity contribution in [3.05, 3.63) is 29.8 Å². The number of aliphatic carboxylic acids is 1. The molecule has 0 aliphatic rings. The van der Waals surface area contributed by atoms with E-state index >= 15 is 0 Å². The number of nitrogens with zero attached hydrogens (tertiary/aromatic N) is 1. The monoisotopic (exact) mass is 257 g/mol. The Bertz CT molecular complexity index is 401. The Balaban J connectivity index is 0.00000289. The zero-order valence-electron chi connectivity index (χ0n) is 11.2. The van der Waals surface area contributed by atoms with Gasteiger partial charge in [0.05, 0.1) is 19.1 Å². The van der Waals surface area contributed by atoms with Crippen LogP contribution < -0.4 is 39.4 Å². The minimum atomic E-state index is -1.15. The molecule has 0 saturated carbocycles. The van der Waals surface area contributed by atoms with Gasteiger partial charge in [0.2, 0.25) is 0 Å².